The van der Waals surface area contributed by atoms with Gasteiger partial charge >= 0.3 is 5.97 Å². The van der Waals surface area contributed by atoms with Crippen molar-refractivity contribution in [1.82, 2.24) is 4.90 Å². The summed E-state index contributed by atoms with van der Waals surface area (Å²) >= 11 is 0. The number of ether oxygens (including phenoxy) is 2. The highest BCUT2D eigenvalue weighted by molar-refractivity contribution is 5.95. The van der Waals surface area contributed by atoms with E-state index < -0.39 is 5.97 Å². The van der Waals surface area contributed by atoms with Gasteiger partial charge in [-0.1, -0.05) is 6.07 Å². The molecule has 0 spiro atoms. The van der Waals surface area contributed by atoms with E-state index in [9.17, 15) is 14.4 Å². The van der Waals surface area contributed by atoms with E-state index in [1.165, 1.54) is 7.11 Å². The molecule has 2 aliphatic rings. The van der Waals surface area contributed by atoms with E-state index in [-0.39, 0.29) is 23.8 Å². The van der Waals surface area contributed by atoms with Gasteiger partial charge in [0.05, 0.1) is 12.7 Å². The molecule has 2 aliphatic heterocycles. The summed E-state index contributed by atoms with van der Waals surface area (Å²) in [6.45, 7) is 1.79. The molecule has 0 saturated carbocycles. The molecule has 0 radical (unpaired) electrons. The minimum Gasteiger partial charge on any atom is -0.465 e. The molecule has 1 N–H and O–H groups in total. The molecule has 0 aliphatic carbocycles. The Morgan fingerprint density at radius 3 is 2.62 bits per heavy atom. The normalized spacial score (nSPS) is 20.7. The van der Waals surface area contributed by atoms with Crippen molar-refractivity contribution in [3.63, 3.8) is 0 Å². The van der Waals surface area contributed by atoms with Crippen LogP contribution in [0.3, 0.4) is 0 Å². The summed E-state index contributed by atoms with van der Waals surface area (Å²) in [4.78, 5) is 38.2. The quantitative estimate of drug-likeness (QED) is 0.828. The van der Waals surface area contributed by atoms with E-state index in [0.29, 0.717) is 43.8 Å². The minimum absolute atomic E-state index is 0.0483. The standard InChI is InChI=1S/C19H24N2O5/c1-25-19(24)14-4-2-5-15(12-14)20-17(22)13-7-9-21(10-8-13)18(23)16-6-3-11-26-16/h2,4-5,12-13,16H,3,6-11H2,1H3,(H,20,22). The Morgan fingerprint density at radius 1 is 1.19 bits per heavy atom. The Hall–Kier alpha value is -2.41. The molecule has 7 nitrogen and oxygen atoms in total. The molecule has 1 atom stereocenters. The Kier molecular flexibility index (Phi) is 5.88. The average molecular weight is 360 g/mol. The van der Waals surface area contributed by atoms with Crippen LogP contribution in [-0.4, -0.2) is 55.6 Å². The van der Waals surface area contributed by atoms with Gasteiger partial charge in [-0.25, -0.2) is 4.79 Å². The fourth-order valence-electron chi connectivity index (χ4n) is 3.42. The monoisotopic (exact) mass is 360 g/mol. The van der Waals surface area contributed by atoms with Gasteiger partial charge in [0.15, 0.2) is 0 Å². The van der Waals surface area contributed by atoms with Crippen LogP contribution >= 0.6 is 0 Å². The van der Waals surface area contributed by atoms with E-state index in [1.807, 2.05) is 0 Å². The maximum atomic E-state index is 12.5. The number of esters is 1. The molecule has 3 rings (SSSR count). The SMILES string of the molecule is COC(=O)c1cccc(NC(=O)C2CCN(C(=O)C3CCCO3)CC2)c1. The number of likely N-dealkylation sites (tertiary alicyclic amines) is 1. The molecule has 1 aromatic rings. The number of anilines is 1. The van der Waals surface area contributed by atoms with Crippen LogP contribution in [0.1, 0.15) is 36.0 Å². The topological polar surface area (TPSA) is 84.9 Å². The Balaban J connectivity index is 1.52. The molecule has 1 unspecified atom stereocenters. The number of carbonyl (C=O) groups excluding carboxylic acids is 3. The third-order valence-electron chi connectivity index (χ3n) is 4.93. The maximum absolute atomic E-state index is 12.5. The largest absolute Gasteiger partial charge is 0.465 e. The summed E-state index contributed by atoms with van der Waals surface area (Å²) in [7, 11) is 1.32. The summed E-state index contributed by atoms with van der Waals surface area (Å²) in [5, 5.41) is 2.86. The van der Waals surface area contributed by atoms with Crippen LogP contribution in [-0.2, 0) is 19.1 Å². The van der Waals surface area contributed by atoms with Crippen molar-refractivity contribution in [2.45, 2.75) is 31.8 Å². The Bertz CT molecular complexity index is 676. The third-order valence-corrected chi connectivity index (χ3v) is 4.93. The summed E-state index contributed by atoms with van der Waals surface area (Å²) < 4.78 is 10.1. The molecule has 0 bridgehead atoms. The number of methoxy groups -OCH3 is 1. The number of carbonyl (C=O) groups is 3. The predicted octanol–water partition coefficient (Wildman–Crippen LogP) is 1.83. The summed E-state index contributed by atoms with van der Waals surface area (Å²) in [6, 6.07) is 6.67. The molecule has 2 heterocycles. The average Bonchev–Trinajstić information content (AvgIpc) is 3.22. The number of nitrogens with one attached hydrogen (secondary N) is 1. The summed E-state index contributed by atoms with van der Waals surface area (Å²) in [6.07, 6.45) is 2.67. The highest BCUT2D eigenvalue weighted by Gasteiger charge is 2.32. The number of benzene rings is 1. The zero-order valence-electron chi connectivity index (χ0n) is 14.9. The zero-order valence-corrected chi connectivity index (χ0v) is 14.9. The van der Waals surface area contributed by atoms with Gasteiger partial charge in [0.25, 0.3) is 5.91 Å². The molecule has 140 valence electrons. The molecule has 0 aromatic heterocycles. The van der Waals surface area contributed by atoms with Gasteiger partial charge in [-0.05, 0) is 43.9 Å². The lowest BCUT2D eigenvalue weighted by Crippen LogP contribution is -2.45. The minimum atomic E-state index is -0.443. The van der Waals surface area contributed by atoms with Crippen molar-refractivity contribution >= 4 is 23.5 Å². The lowest BCUT2D eigenvalue weighted by Gasteiger charge is -2.32. The smallest absolute Gasteiger partial charge is 0.337 e. The molecule has 7 heteroatoms. The first-order chi connectivity index (χ1) is 12.6. The zero-order chi connectivity index (χ0) is 18.5. The number of nitrogens with zero attached hydrogens (tertiary/aromatic N) is 1. The fraction of sp³-hybridized carbons (Fsp3) is 0.526. The number of amides is 2. The predicted molar refractivity (Wildman–Crippen MR) is 94.7 cm³/mol. The van der Waals surface area contributed by atoms with Crippen molar-refractivity contribution in [2.75, 3.05) is 32.1 Å². The number of hydrogen-bond acceptors (Lipinski definition) is 5. The second kappa shape index (κ2) is 8.31. The van der Waals surface area contributed by atoms with Crippen molar-refractivity contribution in [2.24, 2.45) is 5.92 Å². The van der Waals surface area contributed by atoms with E-state index in [4.69, 9.17) is 4.74 Å². The first-order valence-electron chi connectivity index (χ1n) is 8.98. The van der Waals surface area contributed by atoms with Crippen LogP contribution < -0.4 is 5.32 Å². The molecule has 1 aromatic carbocycles. The molecule has 2 amide bonds. The van der Waals surface area contributed by atoms with Crippen LogP contribution in [0, 0.1) is 5.92 Å². The van der Waals surface area contributed by atoms with Crippen LogP contribution in [0.25, 0.3) is 0 Å². The highest BCUT2D eigenvalue weighted by Crippen LogP contribution is 2.23. The van der Waals surface area contributed by atoms with Gasteiger partial charge in [0.2, 0.25) is 5.91 Å². The van der Waals surface area contributed by atoms with Gasteiger partial charge in [-0.2, -0.15) is 0 Å². The summed E-state index contributed by atoms with van der Waals surface area (Å²) in [5.41, 5.74) is 0.957. The third kappa shape index (κ3) is 4.22. The Morgan fingerprint density at radius 2 is 1.96 bits per heavy atom. The number of piperidine rings is 1. The number of rotatable bonds is 4. The molecule has 2 fully saturated rings. The molecular formula is C19H24N2O5. The number of hydrogen-bond donors (Lipinski definition) is 1. The van der Waals surface area contributed by atoms with Gasteiger partial charge in [0, 0.05) is 31.3 Å². The second-order valence-electron chi connectivity index (χ2n) is 6.66. The van der Waals surface area contributed by atoms with Gasteiger partial charge in [0.1, 0.15) is 6.10 Å². The van der Waals surface area contributed by atoms with E-state index in [1.54, 1.807) is 29.2 Å². The van der Waals surface area contributed by atoms with E-state index in [0.717, 1.165) is 12.8 Å². The van der Waals surface area contributed by atoms with Crippen molar-refractivity contribution < 1.29 is 23.9 Å². The van der Waals surface area contributed by atoms with E-state index in [2.05, 4.69) is 10.1 Å². The maximum Gasteiger partial charge on any atom is 0.337 e. The van der Waals surface area contributed by atoms with Crippen molar-refractivity contribution in [1.29, 1.82) is 0 Å². The lowest BCUT2D eigenvalue weighted by molar-refractivity contribution is -0.143. The highest BCUT2D eigenvalue weighted by atomic mass is 16.5. The van der Waals surface area contributed by atoms with Crippen LogP contribution in [0.4, 0.5) is 5.69 Å². The van der Waals surface area contributed by atoms with E-state index >= 15 is 0 Å². The first-order valence-corrected chi connectivity index (χ1v) is 8.98. The van der Waals surface area contributed by atoms with Gasteiger partial charge < -0.3 is 19.7 Å². The van der Waals surface area contributed by atoms with Crippen LogP contribution in [0.15, 0.2) is 24.3 Å². The second-order valence-corrected chi connectivity index (χ2v) is 6.66. The van der Waals surface area contributed by atoms with Crippen molar-refractivity contribution in [3.8, 4) is 0 Å². The summed E-state index contributed by atoms with van der Waals surface area (Å²) in [5.74, 6) is -0.629. The lowest BCUT2D eigenvalue weighted by atomic mass is 9.95. The van der Waals surface area contributed by atoms with Gasteiger partial charge in [-0.15, -0.1) is 0 Å². The van der Waals surface area contributed by atoms with Crippen LogP contribution in [0.5, 0.6) is 0 Å². The first kappa shape index (κ1) is 18.4. The fourth-order valence-corrected chi connectivity index (χ4v) is 3.42. The van der Waals surface area contributed by atoms with Crippen LogP contribution in [0.2, 0.25) is 0 Å². The van der Waals surface area contributed by atoms with Gasteiger partial charge in [-0.3, -0.25) is 9.59 Å². The van der Waals surface area contributed by atoms with Crippen molar-refractivity contribution in [3.05, 3.63) is 29.8 Å². The molecule has 2 saturated heterocycles. The molecular weight excluding hydrogens is 336 g/mol. The Labute approximate surface area is 152 Å². The molecule has 26 heavy (non-hydrogen) atoms.